The summed E-state index contributed by atoms with van der Waals surface area (Å²) in [6.45, 7) is -2.82. The number of halogens is 2. The van der Waals surface area contributed by atoms with Gasteiger partial charge in [-0.3, -0.25) is 9.69 Å². The van der Waals surface area contributed by atoms with Gasteiger partial charge in [0.15, 0.2) is 5.96 Å². The zero-order chi connectivity index (χ0) is 21.1. The molecule has 5 rings (SSSR count). The van der Waals surface area contributed by atoms with Crippen LogP contribution < -0.4 is 10.5 Å². The number of ether oxygens (including phenoxy) is 2. The Labute approximate surface area is 173 Å². The molecule has 2 heterocycles. The van der Waals surface area contributed by atoms with Gasteiger partial charge in [0.1, 0.15) is 11.4 Å². The number of nitrogens with two attached hydrogens (primary N) is 1. The van der Waals surface area contributed by atoms with Crippen molar-refractivity contribution in [2.24, 2.45) is 16.6 Å². The molecule has 1 aromatic carbocycles. The van der Waals surface area contributed by atoms with E-state index in [4.69, 9.17) is 15.2 Å². The molecule has 0 radical (unpaired) electrons. The van der Waals surface area contributed by atoms with E-state index >= 15 is 0 Å². The first-order valence-electron chi connectivity index (χ1n) is 10.3. The van der Waals surface area contributed by atoms with Crippen LogP contribution in [0.4, 0.5) is 8.78 Å². The molecule has 6 nitrogen and oxygen atoms in total. The van der Waals surface area contributed by atoms with Crippen molar-refractivity contribution in [3.8, 4) is 17.6 Å². The number of hydrogen-bond donors (Lipinski definition) is 1. The molecule has 0 saturated heterocycles. The van der Waals surface area contributed by atoms with Gasteiger partial charge < -0.3 is 15.2 Å². The number of rotatable bonds is 2. The summed E-state index contributed by atoms with van der Waals surface area (Å²) in [5, 5.41) is 0. The molecule has 1 aromatic rings. The third-order valence-electron chi connectivity index (χ3n) is 6.61. The summed E-state index contributed by atoms with van der Waals surface area (Å²) in [7, 11) is 1.59. The summed E-state index contributed by atoms with van der Waals surface area (Å²) >= 11 is 0. The number of amides is 1. The highest BCUT2D eigenvalue weighted by Crippen LogP contribution is 2.58. The van der Waals surface area contributed by atoms with Crippen molar-refractivity contribution >= 4 is 11.9 Å². The number of benzene rings is 1. The second kappa shape index (κ2) is 6.67. The molecule has 2 aliphatic heterocycles. The van der Waals surface area contributed by atoms with E-state index < -0.39 is 23.9 Å². The topological polar surface area (TPSA) is 77.2 Å². The highest BCUT2D eigenvalue weighted by Gasteiger charge is 2.69. The zero-order valence-corrected chi connectivity index (χ0v) is 16.7. The van der Waals surface area contributed by atoms with Gasteiger partial charge in [-0.2, -0.15) is 8.78 Å². The average molecular weight is 415 g/mol. The maximum atomic E-state index is 13.5. The minimum absolute atomic E-state index is 0.122. The van der Waals surface area contributed by atoms with E-state index in [0.717, 1.165) is 18.4 Å². The molecular weight excluding hydrogens is 392 g/mol. The van der Waals surface area contributed by atoms with Crippen LogP contribution in [0.25, 0.3) is 0 Å². The van der Waals surface area contributed by atoms with Crippen LogP contribution in [0.5, 0.6) is 5.75 Å². The Morgan fingerprint density at radius 1 is 1.30 bits per heavy atom. The van der Waals surface area contributed by atoms with Gasteiger partial charge in [0.05, 0.1) is 6.10 Å². The third-order valence-corrected chi connectivity index (χ3v) is 6.61. The van der Waals surface area contributed by atoms with Crippen LogP contribution in [0.2, 0.25) is 0 Å². The van der Waals surface area contributed by atoms with Crippen LogP contribution in [0.1, 0.15) is 49.7 Å². The third kappa shape index (κ3) is 2.79. The van der Waals surface area contributed by atoms with E-state index in [2.05, 4.69) is 16.8 Å². The monoisotopic (exact) mass is 415 g/mol. The Hall–Kier alpha value is -2.66. The maximum absolute atomic E-state index is 13.5. The van der Waals surface area contributed by atoms with E-state index in [1.165, 1.54) is 4.90 Å². The number of alkyl halides is 2. The Kier molecular flexibility index (Phi) is 4.30. The average Bonchev–Trinajstić information content (AvgIpc) is 3.47. The van der Waals surface area contributed by atoms with Gasteiger partial charge in [0.2, 0.25) is 5.54 Å². The summed E-state index contributed by atoms with van der Waals surface area (Å²) < 4.78 is 36.4. The minimum Gasteiger partial charge on any atom is -0.483 e. The normalized spacial score (nSPS) is 32.3. The number of hydrogen-bond acceptors (Lipinski definition) is 5. The molecule has 30 heavy (non-hydrogen) atoms. The van der Waals surface area contributed by atoms with Crippen molar-refractivity contribution in [2.75, 3.05) is 7.05 Å². The van der Waals surface area contributed by atoms with Gasteiger partial charge in [0.25, 0.3) is 5.91 Å². The van der Waals surface area contributed by atoms with Gasteiger partial charge in [-0.1, -0.05) is 11.8 Å². The molecule has 0 aromatic heterocycles. The summed E-state index contributed by atoms with van der Waals surface area (Å²) in [5.41, 5.74) is 5.20. The van der Waals surface area contributed by atoms with Crippen molar-refractivity contribution in [1.29, 1.82) is 0 Å². The van der Waals surface area contributed by atoms with E-state index in [1.54, 1.807) is 7.05 Å². The summed E-state index contributed by atoms with van der Waals surface area (Å²) in [4.78, 5) is 19.5. The van der Waals surface area contributed by atoms with Gasteiger partial charge in [-0.15, -0.1) is 0 Å². The van der Waals surface area contributed by atoms with Gasteiger partial charge in [0, 0.05) is 24.1 Å². The molecule has 158 valence electrons. The van der Waals surface area contributed by atoms with E-state index in [-0.39, 0.29) is 11.9 Å². The fourth-order valence-corrected chi connectivity index (χ4v) is 4.84. The fraction of sp³-hybridized carbons (Fsp3) is 0.545. The number of fused-ring (bicyclic) bond motifs is 3. The second-order valence-corrected chi connectivity index (χ2v) is 8.49. The molecule has 1 unspecified atom stereocenters. The Morgan fingerprint density at radius 3 is 2.63 bits per heavy atom. The molecule has 8 heteroatoms. The molecule has 2 fully saturated rings. The van der Waals surface area contributed by atoms with Crippen LogP contribution in [0, 0.1) is 17.8 Å². The first-order valence-corrected chi connectivity index (χ1v) is 10.3. The maximum Gasteiger partial charge on any atom is 0.345 e. The molecular formula is C22H23F2N3O3. The van der Waals surface area contributed by atoms with Crippen molar-refractivity contribution in [1.82, 2.24) is 4.90 Å². The van der Waals surface area contributed by atoms with Crippen molar-refractivity contribution in [2.45, 2.75) is 62.4 Å². The second-order valence-electron chi connectivity index (χ2n) is 8.49. The molecule has 0 bridgehead atoms. The minimum atomic E-state index is -2.82. The standard InChI is InChI=1S/C22H23F2N3O3/c1-27-18(28)22(26-20(27)25)16-12-14(5-4-13-2-3-13)6-7-17(16)30-21(22)10-8-15(9-11-21)29-19(23)24/h6-7,12-13,15,19H,2-3,8-11H2,1H3,(H2,25,26)/t15-,21+,22?. The predicted molar refractivity (Wildman–Crippen MR) is 105 cm³/mol. The number of nitrogens with zero attached hydrogens (tertiary/aromatic N) is 2. The van der Waals surface area contributed by atoms with E-state index in [0.29, 0.717) is 42.9 Å². The Balaban J connectivity index is 1.56. The number of carbonyl (C=O) groups is 1. The first-order chi connectivity index (χ1) is 14.3. The SMILES string of the molecule is CN1C(=O)C2(N=C1N)c1cc(C#CC3CC3)ccc1O[C@]21CC[C@@H](OC(F)F)CC1. The first kappa shape index (κ1) is 19.3. The van der Waals surface area contributed by atoms with Crippen LogP contribution in [-0.2, 0) is 15.1 Å². The Bertz CT molecular complexity index is 987. The van der Waals surface area contributed by atoms with Crippen molar-refractivity contribution in [3.63, 3.8) is 0 Å². The number of guanidine groups is 1. The van der Waals surface area contributed by atoms with Crippen LogP contribution in [0.3, 0.4) is 0 Å². The number of likely N-dealkylation sites (N-methyl/N-ethyl adjacent to an activating group) is 1. The van der Waals surface area contributed by atoms with Crippen LogP contribution in [-0.4, -0.2) is 42.1 Å². The molecule has 1 atom stereocenters. The van der Waals surface area contributed by atoms with Crippen molar-refractivity contribution < 1.29 is 23.0 Å². The lowest BCUT2D eigenvalue weighted by Gasteiger charge is -2.43. The highest BCUT2D eigenvalue weighted by molar-refractivity contribution is 6.08. The smallest absolute Gasteiger partial charge is 0.345 e. The van der Waals surface area contributed by atoms with Gasteiger partial charge in [-0.05, 0) is 56.7 Å². The lowest BCUT2D eigenvalue weighted by molar-refractivity contribution is -0.182. The summed E-state index contributed by atoms with van der Waals surface area (Å²) in [5.74, 6) is 7.30. The van der Waals surface area contributed by atoms with E-state index in [9.17, 15) is 13.6 Å². The number of carbonyl (C=O) groups excluding carboxylic acids is 1. The van der Waals surface area contributed by atoms with Gasteiger partial charge >= 0.3 is 6.61 Å². The Morgan fingerprint density at radius 2 is 2.03 bits per heavy atom. The summed E-state index contributed by atoms with van der Waals surface area (Å²) in [6.07, 6.45) is 3.09. The zero-order valence-electron chi connectivity index (χ0n) is 16.7. The number of aliphatic imine (C=N–C) groups is 1. The predicted octanol–water partition coefficient (Wildman–Crippen LogP) is 2.74. The quantitative estimate of drug-likeness (QED) is 0.754. The lowest BCUT2D eigenvalue weighted by Crippen LogP contribution is -2.58. The van der Waals surface area contributed by atoms with Crippen molar-refractivity contribution in [3.05, 3.63) is 29.3 Å². The summed E-state index contributed by atoms with van der Waals surface area (Å²) in [6, 6.07) is 5.57. The molecule has 2 aliphatic carbocycles. The lowest BCUT2D eigenvalue weighted by atomic mass is 9.68. The fourth-order valence-electron chi connectivity index (χ4n) is 4.84. The molecule has 4 aliphatic rings. The highest BCUT2D eigenvalue weighted by atomic mass is 19.3. The molecule has 2 spiro atoms. The molecule has 2 saturated carbocycles. The van der Waals surface area contributed by atoms with Gasteiger partial charge in [-0.25, -0.2) is 4.99 Å². The van der Waals surface area contributed by atoms with Crippen LogP contribution >= 0.6 is 0 Å². The molecule has 1 amide bonds. The van der Waals surface area contributed by atoms with E-state index in [1.807, 2.05) is 18.2 Å². The largest absolute Gasteiger partial charge is 0.483 e. The van der Waals surface area contributed by atoms with Crippen LogP contribution in [0.15, 0.2) is 23.2 Å². The molecule has 2 N–H and O–H groups in total.